The highest BCUT2D eigenvalue weighted by Gasteiger charge is 2.38. The Morgan fingerprint density at radius 2 is 2.04 bits per heavy atom. The first-order chi connectivity index (χ1) is 12.0. The molecule has 1 fully saturated rings. The van der Waals surface area contributed by atoms with Crippen LogP contribution >= 0.6 is 0 Å². The molecule has 0 saturated carbocycles. The van der Waals surface area contributed by atoms with Gasteiger partial charge in [-0.3, -0.25) is 9.59 Å². The second kappa shape index (κ2) is 7.11. The molecule has 0 spiro atoms. The average molecular weight is 342 g/mol. The summed E-state index contributed by atoms with van der Waals surface area (Å²) in [5.41, 5.74) is 6.35. The van der Waals surface area contributed by atoms with Crippen molar-refractivity contribution in [1.29, 1.82) is 0 Å². The SMILES string of the molecule is COc1ccc2cccc(CC(=O)N3C[C@@H](OC)C[C@H]3C(N)=O)c2c1. The van der Waals surface area contributed by atoms with Gasteiger partial charge in [0.1, 0.15) is 11.8 Å². The molecule has 132 valence electrons. The molecule has 6 heteroatoms. The van der Waals surface area contributed by atoms with Crippen LogP contribution in [0.5, 0.6) is 5.75 Å². The molecule has 2 amide bonds. The predicted octanol–water partition coefficient (Wildman–Crippen LogP) is 1.49. The Morgan fingerprint density at radius 3 is 2.72 bits per heavy atom. The Labute approximate surface area is 146 Å². The van der Waals surface area contributed by atoms with E-state index < -0.39 is 11.9 Å². The number of nitrogens with zero attached hydrogens (tertiary/aromatic N) is 1. The lowest BCUT2D eigenvalue weighted by atomic mass is 10.0. The van der Waals surface area contributed by atoms with Crippen molar-refractivity contribution in [1.82, 2.24) is 4.90 Å². The number of hydrogen-bond donors (Lipinski definition) is 1. The standard InChI is InChI=1S/C19H22N2O4/c1-24-14-7-6-12-4-3-5-13(16(12)9-14)8-18(22)21-11-15(25-2)10-17(21)19(20)23/h3-7,9,15,17H,8,10-11H2,1-2H3,(H2,20,23)/t15-,17-/m0/s1. The molecule has 0 radical (unpaired) electrons. The molecular weight excluding hydrogens is 320 g/mol. The zero-order chi connectivity index (χ0) is 18.0. The molecule has 0 unspecified atom stereocenters. The lowest BCUT2D eigenvalue weighted by Crippen LogP contribution is -2.44. The van der Waals surface area contributed by atoms with E-state index in [1.54, 1.807) is 14.2 Å². The number of primary amides is 1. The number of rotatable bonds is 5. The van der Waals surface area contributed by atoms with Crippen LogP contribution in [0.25, 0.3) is 10.8 Å². The number of likely N-dealkylation sites (tertiary alicyclic amines) is 1. The van der Waals surface area contributed by atoms with E-state index in [9.17, 15) is 9.59 Å². The Hall–Kier alpha value is -2.60. The maximum atomic E-state index is 12.8. The van der Waals surface area contributed by atoms with Crippen molar-refractivity contribution in [3.8, 4) is 5.75 Å². The summed E-state index contributed by atoms with van der Waals surface area (Å²) in [6.07, 6.45) is 0.486. The summed E-state index contributed by atoms with van der Waals surface area (Å²) in [4.78, 5) is 26.0. The van der Waals surface area contributed by atoms with Gasteiger partial charge in [-0.15, -0.1) is 0 Å². The van der Waals surface area contributed by atoms with Crippen LogP contribution in [0.3, 0.4) is 0 Å². The number of nitrogens with two attached hydrogens (primary N) is 1. The fourth-order valence-electron chi connectivity index (χ4n) is 3.38. The van der Waals surface area contributed by atoms with Crippen molar-refractivity contribution >= 4 is 22.6 Å². The smallest absolute Gasteiger partial charge is 0.240 e. The molecule has 2 atom stereocenters. The van der Waals surface area contributed by atoms with Crippen LogP contribution in [0.4, 0.5) is 0 Å². The van der Waals surface area contributed by atoms with Gasteiger partial charge < -0.3 is 20.1 Å². The molecule has 0 aliphatic carbocycles. The van der Waals surface area contributed by atoms with E-state index in [0.717, 1.165) is 22.1 Å². The minimum absolute atomic E-state index is 0.126. The summed E-state index contributed by atoms with van der Waals surface area (Å²) >= 11 is 0. The monoisotopic (exact) mass is 342 g/mol. The van der Waals surface area contributed by atoms with Crippen LogP contribution in [-0.4, -0.2) is 49.6 Å². The number of amides is 2. The fraction of sp³-hybridized carbons (Fsp3) is 0.368. The summed E-state index contributed by atoms with van der Waals surface area (Å²) in [5, 5.41) is 2.00. The number of methoxy groups -OCH3 is 2. The molecule has 25 heavy (non-hydrogen) atoms. The van der Waals surface area contributed by atoms with E-state index in [1.165, 1.54) is 4.90 Å². The Balaban J connectivity index is 1.87. The molecule has 3 rings (SSSR count). The minimum atomic E-state index is -0.609. The molecule has 0 aromatic heterocycles. The fourth-order valence-corrected chi connectivity index (χ4v) is 3.38. The molecule has 2 aromatic carbocycles. The van der Waals surface area contributed by atoms with Gasteiger partial charge in [0.15, 0.2) is 0 Å². The molecule has 2 aromatic rings. The zero-order valence-corrected chi connectivity index (χ0v) is 14.4. The quantitative estimate of drug-likeness (QED) is 0.892. The van der Waals surface area contributed by atoms with Gasteiger partial charge in [-0.25, -0.2) is 0 Å². The maximum absolute atomic E-state index is 12.8. The molecule has 1 saturated heterocycles. The minimum Gasteiger partial charge on any atom is -0.497 e. The average Bonchev–Trinajstić information content (AvgIpc) is 3.06. The number of carbonyl (C=O) groups excluding carboxylic acids is 2. The lowest BCUT2D eigenvalue weighted by Gasteiger charge is -2.22. The Morgan fingerprint density at radius 1 is 1.24 bits per heavy atom. The van der Waals surface area contributed by atoms with Crippen LogP contribution in [0, 0.1) is 0 Å². The highest BCUT2D eigenvalue weighted by Crippen LogP contribution is 2.26. The molecule has 2 N–H and O–H groups in total. The third-order valence-corrected chi connectivity index (χ3v) is 4.77. The van der Waals surface area contributed by atoms with E-state index in [4.69, 9.17) is 15.2 Å². The van der Waals surface area contributed by atoms with Gasteiger partial charge in [-0.2, -0.15) is 0 Å². The lowest BCUT2D eigenvalue weighted by molar-refractivity contribution is -0.136. The molecule has 1 aliphatic rings. The largest absolute Gasteiger partial charge is 0.497 e. The van der Waals surface area contributed by atoms with Gasteiger partial charge in [-0.05, 0) is 28.5 Å². The van der Waals surface area contributed by atoms with Crippen LogP contribution in [0.15, 0.2) is 36.4 Å². The first-order valence-corrected chi connectivity index (χ1v) is 8.20. The second-order valence-electron chi connectivity index (χ2n) is 6.24. The summed E-state index contributed by atoms with van der Waals surface area (Å²) < 4.78 is 10.6. The van der Waals surface area contributed by atoms with E-state index in [2.05, 4.69) is 0 Å². The van der Waals surface area contributed by atoms with Gasteiger partial charge in [0.2, 0.25) is 11.8 Å². The molecule has 1 aliphatic heterocycles. The van der Waals surface area contributed by atoms with Crippen molar-refractivity contribution in [3.05, 3.63) is 42.0 Å². The van der Waals surface area contributed by atoms with Gasteiger partial charge >= 0.3 is 0 Å². The Kier molecular flexibility index (Phi) is 4.90. The predicted molar refractivity (Wildman–Crippen MR) is 94.3 cm³/mol. The maximum Gasteiger partial charge on any atom is 0.240 e. The van der Waals surface area contributed by atoms with Crippen molar-refractivity contribution in [2.45, 2.75) is 25.0 Å². The van der Waals surface area contributed by atoms with Crippen molar-refractivity contribution in [2.75, 3.05) is 20.8 Å². The number of fused-ring (bicyclic) bond motifs is 1. The third kappa shape index (κ3) is 3.44. The molecule has 0 bridgehead atoms. The topological polar surface area (TPSA) is 81.9 Å². The first kappa shape index (κ1) is 17.2. The van der Waals surface area contributed by atoms with Crippen LogP contribution in [0.1, 0.15) is 12.0 Å². The zero-order valence-electron chi connectivity index (χ0n) is 14.4. The number of ether oxygens (including phenoxy) is 2. The van der Waals surface area contributed by atoms with E-state index in [0.29, 0.717) is 13.0 Å². The summed E-state index contributed by atoms with van der Waals surface area (Å²) in [6.45, 7) is 0.386. The summed E-state index contributed by atoms with van der Waals surface area (Å²) in [7, 11) is 3.19. The highest BCUT2D eigenvalue weighted by atomic mass is 16.5. The first-order valence-electron chi connectivity index (χ1n) is 8.20. The van der Waals surface area contributed by atoms with Gasteiger partial charge in [0.25, 0.3) is 0 Å². The van der Waals surface area contributed by atoms with Gasteiger partial charge in [0, 0.05) is 20.1 Å². The number of benzene rings is 2. The van der Waals surface area contributed by atoms with E-state index >= 15 is 0 Å². The van der Waals surface area contributed by atoms with Gasteiger partial charge in [0.05, 0.1) is 19.6 Å². The second-order valence-corrected chi connectivity index (χ2v) is 6.24. The van der Waals surface area contributed by atoms with Crippen molar-refractivity contribution in [2.24, 2.45) is 5.73 Å². The molecule has 6 nitrogen and oxygen atoms in total. The molecular formula is C19H22N2O4. The van der Waals surface area contributed by atoms with Gasteiger partial charge in [-0.1, -0.05) is 24.3 Å². The van der Waals surface area contributed by atoms with E-state index in [1.807, 2.05) is 36.4 Å². The Bertz CT molecular complexity index is 805. The summed E-state index contributed by atoms with van der Waals surface area (Å²) in [5.74, 6) is 0.120. The molecule has 1 heterocycles. The number of hydrogen-bond acceptors (Lipinski definition) is 4. The highest BCUT2D eigenvalue weighted by molar-refractivity contribution is 5.93. The van der Waals surface area contributed by atoms with Crippen LogP contribution in [0.2, 0.25) is 0 Å². The van der Waals surface area contributed by atoms with Crippen LogP contribution < -0.4 is 10.5 Å². The van der Waals surface area contributed by atoms with Crippen molar-refractivity contribution in [3.63, 3.8) is 0 Å². The van der Waals surface area contributed by atoms with E-state index in [-0.39, 0.29) is 18.4 Å². The van der Waals surface area contributed by atoms with Crippen molar-refractivity contribution < 1.29 is 19.1 Å². The normalized spacial score (nSPS) is 20.0. The number of carbonyl (C=O) groups is 2. The third-order valence-electron chi connectivity index (χ3n) is 4.77. The summed E-state index contributed by atoms with van der Waals surface area (Å²) in [6, 6.07) is 11.0. The van der Waals surface area contributed by atoms with Crippen LogP contribution in [-0.2, 0) is 20.7 Å².